The number of carbonyl (C=O) groups excluding carboxylic acids is 2. The molecular formula is C17H27NO3. The second kappa shape index (κ2) is 5.62. The van der Waals surface area contributed by atoms with Crippen molar-refractivity contribution in [3.8, 4) is 0 Å². The van der Waals surface area contributed by atoms with Crippen LogP contribution in [0.25, 0.3) is 0 Å². The summed E-state index contributed by atoms with van der Waals surface area (Å²) < 4.78 is 4.65. The molecule has 0 aromatic heterocycles. The first-order chi connectivity index (χ1) is 10.0. The average molecular weight is 293 g/mol. The van der Waals surface area contributed by atoms with Crippen LogP contribution >= 0.6 is 0 Å². The van der Waals surface area contributed by atoms with Crippen LogP contribution in [0.15, 0.2) is 0 Å². The van der Waals surface area contributed by atoms with Crippen molar-refractivity contribution in [2.75, 3.05) is 20.7 Å². The summed E-state index contributed by atoms with van der Waals surface area (Å²) in [5, 5.41) is 0. The molecular weight excluding hydrogens is 266 g/mol. The van der Waals surface area contributed by atoms with Gasteiger partial charge in [0.25, 0.3) is 0 Å². The maximum Gasteiger partial charge on any atom is 0.305 e. The molecule has 4 rings (SSSR count). The minimum Gasteiger partial charge on any atom is -0.469 e. The normalized spacial score (nSPS) is 36.6. The molecule has 4 aliphatic carbocycles. The Bertz CT molecular complexity index is 396. The van der Waals surface area contributed by atoms with Crippen molar-refractivity contribution in [3.05, 3.63) is 0 Å². The molecule has 4 heteroatoms. The quantitative estimate of drug-likeness (QED) is 0.732. The van der Waals surface area contributed by atoms with Gasteiger partial charge in [0.2, 0.25) is 5.91 Å². The highest BCUT2D eigenvalue weighted by atomic mass is 16.5. The number of carbonyl (C=O) groups is 2. The van der Waals surface area contributed by atoms with E-state index in [9.17, 15) is 9.59 Å². The Morgan fingerprint density at radius 2 is 1.62 bits per heavy atom. The topological polar surface area (TPSA) is 46.6 Å². The average Bonchev–Trinajstić information content (AvgIpc) is 2.44. The van der Waals surface area contributed by atoms with Crippen LogP contribution in [0.4, 0.5) is 0 Å². The summed E-state index contributed by atoms with van der Waals surface area (Å²) in [6.07, 6.45) is 8.50. The van der Waals surface area contributed by atoms with Crippen LogP contribution in [0, 0.1) is 23.2 Å². The third-order valence-corrected chi connectivity index (χ3v) is 5.94. The molecule has 0 spiro atoms. The molecule has 0 heterocycles. The molecule has 0 atom stereocenters. The molecule has 4 saturated carbocycles. The number of hydrogen-bond donors (Lipinski definition) is 0. The molecule has 0 aliphatic heterocycles. The van der Waals surface area contributed by atoms with E-state index in [-0.39, 0.29) is 11.4 Å². The molecule has 4 aliphatic rings. The molecule has 21 heavy (non-hydrogen) atoms. The maximum absolute atomic E-state index is 13.0. The fraction of sp³-hybridized carbons (Fsp3) is 0.882. The molecule has 0 aromatic carbocycles. The molecule has 0 N–H and O–H groups in total. The van der Waals surface area contributed by atoms with E-state index >= 15 is 0 Å². The lowest BCUT2D eigenvalue weighted by Gasteiger charge is -2.56. The molecule has 0 unspecified atom stereocenters. The maximum atomic E-state index is 13.0. The van der Waals surface area contributed by atoms with E-state index in [0.717, 1.165) is 37.0 Å². The largest absolute Gasteiger partial charge is 0.469 e. The molecule has 0 saturated heterocycles. The monoisotopic (exact) mass is 293 g/mol. The Morgan fingerprint density at radius 1 is 1.10 bits per heavy atom. The van der Waals surface area contributed by atoms with Crippen molar-refractivity contribution in [3.63, 3.8) is 0 Å². The number of ether oxygens (including phenoxy) is 1. The van der Waals surface area contributed by atoms with E-state index in [2.05, 4.69) is 4.74 Å². The highest BCUT2D eigenvalue weighted by Crippen LogP contribution is 2.60. The highest BCUT2D eigenvalue weighted by Gasteiger charge is 2.55. The van der Waals surface area contributed by atoms with Gasteiger partial charge in [0, 0.05) is 20.0 Å². The van der Waals surface area contributed by atoms with Crippen LogP contribution in [-0.4, -0.2) is 37.5 Å². The lowest BCUT2D eigenvalue weighted by molar-refractivity contribution is -0.156. The van der Waals surface area contributed by atoms with Crippen molar-refractivity contribution >= 4 is 11.9 Å². The van der Waals surface area contributed by atoms with E-state index in [0.29, 0.717) is 25.3 Å². The van der Waals surface area contributed by atoms with Gasteiger partial charge in [-0.2, -0.15) is 0 Å². The van der Waals surface area contributed by atoms with Gasteiger partial charge in [-0.3, -0.25) is 9.59 Å². The molecule has 4 nitrogen and oxygen atoms in total. The van der Waals surface area contributed by atoms with Crippen LogP contribution in [0.2, 0.25) is 0 Å². The molecule has 1 amide bonds. The Kier molecular flexibility index (Phi) is 3.98. The SMILES string of the molecule is COC(=O)CCCN(C)C(=O)C12CC3CC(CC(C3)C1)C2. The summed E-state index contributed by atoms with van der Waals surface area (Å²) in [6.45, 7) is 0.662. The lowest BCUT2D eigenvalue weighted by atomic mass is 9.49. The number of esters is 1. The molecule has 0 radical (unpaired) electrons. The van der Waals surface area contributed by atoms with Gasteiger partial charge < -0.3 is 9.64 Å². The predicted octanol–water partition coefficient (Wildman–Crippen LogP) is 2.61. The van der Waals surface area contributed by atoms with E-state index in [1.165, 1.54) is 26.4 Å². The van der Waals surface area contributed by atoms with Crippen LogP contribution in [0.5, 0.6) is 0 Å². The van der Waals surface area contributed by atoms with Crippen molar-refractivity contribution in [1.29, 1.82) is 0 Å². The second-order valence-electron chi connectivity index (χ2n) is 7.60. The molecule has 118 valence electrons. The third-order valence-electron chi connectivity index (χ3n) is 5.94. The van der Waals surface area contributed by atoms with Gasteiger partial charge in [0.05, 0.1) is 12.5 Å². The Hall–Kier alpha value is -1.06. The zero-order valence-corrected chi connectivity index (χ0v) is 13.3. The standard InChI is InChI=1S/C17H27NO3/c1-18(5-3-4-15(19)21-2)16(20)17-9-12-6-13(10-17)8-14(7-12)11-17/h12-14H,3-11H2,1-2H3. The van der Waals surface area contributed by atoms with Gasteiger partial charge in [-0.1, -0.05) is 0 Å². The summed E-state index contributed by atoms with van der Waals surface area (Å²) in [6, 6.07) is 0. The highest BCUT2D eigenvalue weighted by molar-refractivity contribution is 5.83. The summed E-state index contributed by atoms with van der Waals surface area (Å²) in [7, 11) is 3.31. The van der Waals surface area contributed by atoms with Crippen LogP contribution in [0.3, 0.4) is 0 Å². The van der Waals surface area contributed by atoms with E-state index in [1.807, 2.05) is 11.9 Å². The minimum atomic E-state index is -0.189. The summed E-state index contributed by atoms with van der Waals surface area (Å²) in [4.78, 5) is 26.0. The predicted molar refractivity (Wildman–Crippen MR) is 79.5 cm³/mol. The third kappa shape index (κ3) is 2.82. The minimum absolute atomic E-state index is 0.0607. The molecule has 4 bridgehead atoms. The number of hydrogen-bond acceptors (Lipinski definition) is 3. The smallest absolute Gasteiger partial charge is 0.305 e. The van der Waals surface area contributed by atoms with Gasteiger partial charge in [-0.25, -0.2) is 0 Å². The van der Waals surface area contributed by atoms with Gasteiger partial charge in [-0.05, 0) is 62.7 Å². The number of rotatable bonds is 5. The first-order valence-corrected chi connectivity index (χ1v) is 8.35. The van der Waals surface area contributed by atoms with Crippen molar-refractivity contribution in [1.82, 2.24) is 4.90 Å². The van der Waals surface area contributed by atoms with Gasteiger partial charge in [0.15, 0.2) is 0 Å². The van der Waals surface area contributed by atoms with Gasteiger partial charge in [0.1, 0.15) is 0 Å². The number of amides is 1. The van der Waals surface area contributed by atoms with Crippen LogP contribution in [-0.2, 0) is 14.3 Å². The number of nitrogens with zero attached hydrogens (tertiary/aromatic N) is 1. The Labute approximate surface area is 127 Å². The van der Waals surface area contributed by atoms with Gasteiger partial charge >= 0.3 is 5.97 Å². The zero-order chi connectivity index (χ0) is 15.0. The second-order valence-corrected chi connectivity index (χ2v) is 7.60. The lowest BCUT2D eigenvalue weighted by Crippen LogP contribution is -2.54. The Balaban J connectivity index is 1.58. The fourth-order valence-electron chi connectivity index (χ4n) is 5.44. The summed E-state index contributed by atoms with van der Waals surface area (Å²) >= 11 is 0. The van der Waals surface area contributed by atoms with Crippen LogP contribution in [0.1, 0.15) is 51.4 Å². The fourth-order valence-corrected chi connectivity index (χ4v) is 5.44. The molecule has 0 aromatic rings. The first-order valence-electron chi connectivity index (χ1n) is 8.35. The first kappa shape index (κ1) is 14.9. The van der Waals surface area contributed by atoms with Crippen molar-refractivity contribution in [2.45, 2.75) is 51.4 Å². The summed E-state index contributed by atoms with van der Waals surface area (Å²) in [5.41, 5.74) is -0.0607. The molecule has 4 fully saturated rings. The van der Waals surface area contributed by atoms with Crippen molar-refractivity contribution in [2.24, 2.45) is 23.2 Å². The van der Waals surface area contributed by atoms with E-state index in [4.69, 9.17) is 0 Å². The van der Waals surface area contributed by atoms with E-state index < -0.39 is 0 Å². The van der Waals surface area contributed by atoms with Crippen LogP contribution < -0.4 is 0 Å². The van der Waals surface area contributed by atoms with Gasteiger partial charge in [-0.15, -0.1) is 0 Å². The van der Waals surface area contributed by atoms with E-state index in [1.54, 1.807) is 0 Å². The summed E-state index contributed by atoms with van der Waals surface area (Å²) in [5.74, 6) is 2.54. The Morgan fingerprint density at radius 3 is 2.10 bits per heavy atom. The zero-order valence-electron chi connectivity index (χ0n) is 13.3. The number of methoxy groups -OCH3 is 1. The van der Waals surface area contributed by atoms with Crippen molar-refractivity contribution < 1.29 is 14.3 Å².